The second-order valence-electron chi connectivity index (χ2n) is 4.65. The molecule has 4 heteroatoms. The van der Waals surface area contributed by atoms with E-state index in [4.69, 9.17) is 10.5 Å². The van der Waals surface area contributed by atoms with E-state index in [0.29, 0.717) is 18.7 Å². The van der Waals surface area contributed by atoms with Crippen LogP contribution >= 0.6 is 0 Å². The summed E-state index contributed by atoms with van der Waals surface area (Å²) in [4.78, 5) is 14.2. The summed E-state index contributed by atoms with van der Waals surface area (Å²) in [7, 11) is 0. The molecule has 1 amide bonds. The van der Waals surface area contributed by atoms with E-state index < -0.39 is 0 Å². The van der Waals surface area contributed by atoms with E-state index in [1.165, 1.54) is 0 Å². The molecular weight excluding hydrogens is 240 g/mol. The third-order valence-electron chi connectivity index (χ3n) is 3.38. The van der Waals surface area contributed by atoms with Crippen LogP contribution < -0.4 is 10.5 Å². The predicted octanol–water partition coefficient (Wildman–Crippen LogP) is 1.81. The molecule has 0 spiro atoms. The van der Waals surface area contributed by atoms with Crippen molar-refractivity contribution >= 4 is 5.91 Å². The SMILES string of the molecule is C=CCOc1ccc(C(=O)N2CCCC2CN)cc1. The van der Waals surface area contributed by atoms with Gasteiger partial charge in [0.25, 0.3) is 5.91 Å². The number of carbonyl (C=O) groups is 1. The lowest BCUT2D eigenvalue weighted by Crippen LogP contribution is -2.39. The molecule has 1 heterocycles. The summed E-state index contributed by atoms with van der Waals surface area (Å²) in [6.07, 6.45) is 3.73. The molecule has 1 atom stereocenters. The number of carbonyl (C=O) groups excluding carboxylic acids is 1. The molecule has 1 aliphatic rings. The lowest BCUT2D eigenvalue weighted by molar-refractivity contribution is 0.0741. The molecule has 1 unspecified atom stereocenters. The highest BCUT2D eigenvalue weighted by Gasteiger charge is 2.28. The summed E-state index contributed by atoms with van der Waals surface area (Å²) < 4.78 is 5.39. The molecule has 0 aliphatic carbocycles. The van der Waals surface area contributed by atoms with Crippen LogP contribution in [0.5, 0.6) is 5.75 Å². The van der Waals surface area contributed by atoms with Crippen molar-refractivity contribution in [3.63, 3.8) is 0 Å². The number of nitrogens with two attached hydrogens (primary N) is 1. The molecule has 1 aliphatic heterocycles. The average Bonchev–Trinajstić information content (AvgIpc) is 2.93. The normalized spacial score (nSPS) is 18.4. The largest absolute Gasteiger partial charge is 0.490 e. The van der Waals surface area contributed by atoms with E-state index >= 15 is 0 Å². The van der Waals surface area contributed by atoms with Crippen molar-refractivity contribution in [1.82, 2.24) is 4.90 Å². The Kier molecular flexibility index (Phi) is 4.58. The summed E-state index contributed by atoms with van der Waals surface area (Å²) in [6.45, 7) is 5.40. The fraction of sp³-hybridized carbons (Fsp3) is 0.400. The molecule has 1 aromatic rings. The van der Waals surface area contributed by atoms with Gasteiger partial charge in [-0.2, -0.15) is 0 Å². The topological polar surface area (TPSA) is 55.6 Å². The van der Waals surface area contributed by atoms with Gasteiger partial charge < -0.3 is 15.4 Å². The highest BCUT2D eigenvalue weighted by Crippen LogP contribution is 2.20. The number of ether oxygens (including phenoxy) is 1. The van der Waals surface area contributed by atoms with Crippen LogP contribution in [0.15, 0.2) is 36.9 Å². The molecule has 4 nitrogen and oxygen atoms in total. The van der Waals surface area contributed by atoms with E-state index in [2.05, 4.69) is 6.58 Å². The van der Waals surface area contributed by atoms with Crippen LogP contribution in [0, 0.1) is 0 Å². The number of nitrogens with zero attached hydrogens (tertiary/aromatic N) is 1. The van der Waals surface area contributed by atoms with Crippen molar-refractivity contribution in [2.45, 2.75) is 18.9 Å². The van der Waals surface area contributed by atoms with Crippen molar-refractivity contribution < 1.29 is 9.53 Å². The minimum atomic E-state index is 0.0585. The van der Waals surface area contributed by atoms with E-state index in [-0.39, 0.29) is 11.9 Å². The zero-order chi connectivity index (χ0) is 13.7. The Labute approximate surface area is 113 Å². The Balaban J connectivity index is 2.04. The molecule has 1 saturated heterocycles. The van der Waals surface area contributed by atoms with Crippen LogP contribution in [-0.4, -0.2) is 36.5 Å². The molecule has 0 aromatic heterocycles. The van der Waals surface area contributed by atoms with Crippen molar-refractivity contribution in [2.75, 3.05) is 19.7 Å². The Morgan fingerprint density at radius 2 is 2.21 bits per heavy atom. The van der Waals surface area contributed by atoms with Gasteiger partial charge in [-0.25, -0.2) is 0 Å². The van der Waals surface area contributed by atoms with E-state index in [1.54, 1.807) is 18.2 Å². The molecule has 19 heavy (non-hydrogen) atoms. The lowest BCUT2D eigenvalue weighted by Gasteiger charge is -2.23. The third kappa shape index (κ3) is 3.15. The monoisotopic (exact) mass is 260 g/mol. The van der Waals surface area contributed by atoms with Gasteiger partial charge in [0.15, 0.2) is 0 Å². The van der Waals surface area contributed by atoms with E-state index in [0.717, 1.165) is 25.1 Å². The highest BCUT2D eigenvalue weighted by molar-refractivity contribution is 5.94. The van der Waals surface area contributed by atoms with Gasteiger partial charge in [0.2, 0.25) is 0 Å². The van der Waals surface area contributed by atoms with Crippen LogP contribution in [0.25, 0.3) is 0 Å². The average molecular weight is 260 g/mol. The lowest BCUT2D eigenvalue weighted by atomic mass is 10.1. The van der Waals surface area contributed by atoms with Crippen LogP contribution in [0.3, 0.4) is 0 Å². The smallest absolute Gasteiger partial charge is 0.254 e. The number of hydrogen-bond acceptors (Lipinski definition) is 3. The van der Waals surface area contributed by atoms with Crippen molar-refractivity contribution in [3.8, 4) is 5.75 Å². The summed E-state index contributed by atoms with van der Waals surface area (Å²) in [5.41, 5.74) is 6.38. The molecule has 0 bridgehead atoms. The summed E-state index contributed by atoms with van der Waals surface area (Å²) in [5.74, 6) is 0.802. The standard InChI is InChI=1S/C15H20N2O2/c1-2-10-19-14-7-5-12(6-8-14)15(18)17-9-3-4-13(17)11-16/h2,5-8,13H,1,3-4,9-11,16H2. The molecule has 2 rings (SSSR count). The first-order chi connectivity index (χ1) is 9.26. The molecule has 2 N–H and O–H groups in total. The molecular formula is C15H20N2O2. The quantitative estimate of drug-likeness (QED) is 0.822. The number of hydrogen-bond donors (Lipinski definition) is 1. The Hall–Kier alpha value is -1.81. The Bertz CT molecular complexity index is 442. The minimum Gasteiger partial charge on any atom is -0.490 e. The third-order valence-corrected chi connectivity index (χ3v) is 3.38. The zero-order valence-electron chi connectivity index (χ0n) is 11.0. The molecule has 0 saturated carbocycles. The number of rotatable bonds is 5. The van der Waals surface area contributed by atoms with Gasteiger partial charge in [-0.1, -0.05) is 12.7 Å². The maximum Gasteiger partial charge on any atom is 0.254 e. The van der Waals surface area contributed by atoms with E-state index in [9.17, 15) is 4.79 Å². The first kappa shape index (κ1) is 13.6. The fourth-order valence-corrected chi connectivity index (χ4v) is 2.36. The van der Waals surface area contributed by atoms with Crippen molar-refractivity contribution in [3.05, 3.63) is 42.5 Å². The highest BCUT2D eigenvalue weighted by atomic mass is 16.5. The van der Waals surface area contributed by atoms with Crippen LogP contribution in [0.4, 0.5) is 0 Å². The molecule has 1 aromatic carbocycles. The maximum absolute atomic E-state index is 12.4. The molecule has 102 valence electrons. The second-order valence-corrected chi connectivity index (χ2v) is 4.65. The summed E-state index contributed by atoms with van der Waals surface area (Å²) in [6, 6.07) is 7.40. The zero-order valence-corrected chi connectivity index (χ0v) is 11.0. The number of benzene rings is 1. The second kappa shape index (κ2) is 6.38. The molecule has 0 radical (unpaired) electrons. The van der Waals surface area contributed by atoms with Crippen LogP contribution in [0.1, 0.15) is 23.2 Å². The Morgan fingerprint density at radius 1 is 1.47 bits per heavy atom. The van der Waals surface area contributed by atoms with Gasteiger partial charge in [0.1, 0.15) is 12.4 Å². The van der Waals surface area contributed by atoms with Crippen molar-refractivity contribution in [1.29, 1.82) is 0 Å². The van der Waals surface area contributed by atoms with Gasteiger partial charge in [0.05, 0.1) is 0 Å². The maximum atomic E-state index is 12.4. The van der Waals surface area contributed by atoms with Gasteiger partial charge in [0, 0.05) is 24.7 Å². The minimum absolute atomic E-state index is 0.0585. The van der Waals surface area contributed by atoms with Gasteiger partial charge in [-0.05, 0) is 37.1 Å². The van der Waals surface area contributed by atoms with E-state index in [1.807, 2.05) is 17.0 Å². The fourth-order valence-electron chi connectivity index (χ4n) is 2.36. The molecule has 1 fully saturated rings. The van der Waals surface area contributed by atoms with Crippen LogP contribution in [0.2, 0.25) is 0 Å². The van der Waals surface area contributed by atoms with Gasteiger partial charge in [-0.3, -0.25) is 4.79 Å². The Morgan fingerprint density at radius 3 is 2.84 bits per heavy atom. The first-order valence-electron chi connectivity index (χ1n) is 6.61. The van der Waals surface area contributed by atoms with Crippen LogP contribution in [-0.2, 0) is 0 Å². The summed E-state index contributed by atoms with van der Waals surface area (Å²) in [5, 5.41) is 0. The van der Waals surface area contributed by atoms with Gasteiger partial charge >= 0.3 is 0 Å². The number of amides is 1. The number of likely N-dealkylation sites (tertiary alicyclic amines) is 1. The van der Waals surface area contributed by atoms with Crippen molar-refractivity contribution in [2.24, 2.45) is 5.73 Å². The predicted molar refractivity (Wildman–Crippen MR) is 75.2 cm³/mol. The first-order valence-corrected chi connectivity index (χ1v) is 6.61. The van der Waals surface area contributed by atoms with Gasteiger partial charge in [-0.15, -0.1) is 0 Å². The summed E-state index contributed by atoms with van der Waals surface area (Å²) >= 11 is 0.